The first kappa shape index (κ1) is 20.3. The molecule has 0 aliphatic rings. The Morgan fingerprint density at radius 1 is 1.16 bits per heavy atom. The van der Waals surface area contributed by atoms with Gasteiger partial charge in [0, 0.05) is 25.7 Å². The van der Waals surface area contributed by atoms with Gasteiger partial charge in [0.05, 0.1) is 6.61 Å². The standard InChI is InChI=1S/C17H26N4O4/c1-3-25-16(23)15(5-4-10-19-12(2)22)21-17(24)20-11-13-6-8-14(18)9-7-13/h6-9,15H,3-5,10-11,18H2,1-2H3,(H,19,22)(H2,20,21,24). The summed E-state index contributed by atoms with van der Waals surface area (Å²) in [7, 11) is 0. The summed E-state index contributed by atoms with van der Waals surface area (Å²) < 4.78 is 4.98. The number of hydrogen-bond acceptors (Lipinski definition) is 5. The van der Waals surface area contributed by atoms with Crippen LogP contribution in [0.15, 0.2) is 24.3 Å². The molecule has 0 bridgehead atoms. The molecular formula is C17H26N4O4. The number of hydrogen-bond donors (Lipinski definition) is 4. The number of anilines is 1. The molecule has 0 heterocycles. The fourth-order valence-corrected chi connectivity index (χ4v) is 2.09. The lowest BCUT2D eigenvalue weighted by molar-refractivity contribution is -0.145. The fourth-order valence-electron chi connectivity index (χ4n) is 2.09. The van der Waals surface area contributed by atoms with Crippen molar-refractivity contribution >= 4 is 23.6 Å². The van der Waals surface area contributed by atoms with E-state index in [4.69, 9.17) is 10.5 Å². The minimum Gasteiger partial charge on any atom is -0.464 e. The highest BCUT2D eigenvalue weighted by atomic mass is 16.5. The highest BCUT2D eigenvalue weighted by molar-refractivity contribution is 5.83. The molecule has 0 aliphatic heterocycles. The molecule has 5 N–H and O–H groups in total. The van der Waals surface area contributed by atoms with Crippen LogP contribution in [0.4, 0.5) is 10.5 Å². The van der Waals surface area contributed by atoms with Gasteiger partial charge in [-0.25, -0.2) is 9.59 Å². The van der Waals surface area contributed by atoms with E-state index in [0.29, 0.717) is 31.6 Å². The van der Waals surface area contributed by atoms with E-state index in [1.54, 1.807) is 19.1 Å². The zero-order chi connectivity index (χ0) is 18.7. The van der Waals surface area contributed by atoms with E-state index >= 15 is 0 Å². The summed E-state index contributed by atoms with van der Waals surface area (Å²) in [6, 6.07) is 5.89. The number of ether oxygens (including phenoxy) is 1. The average molecular weight is 350 g/mol. The lowest BCUT2D eigenvalue weighted by Crippen LogP contribution is -2.46. The molecule has 138 valence electrons. The first-order chi connectivity index (χ1) is 11.9. The second kappa shape index (κ2) is 10.9. The lowest BCUT2D eigenvalue weighted by Gasteiger charge is -2.18. The first-order valence-electron chi connectivity index (χ1n) is 8.22. The summed E-state index contributed by atoms with van der Waals surface area (Å²) in [6.07, 6.45) is 0.912. The van der Waals surface area contributed by atoms with E-state index in [1.807, 2.05) is 12.1 Å². The molecule has 0 saturated heterocycles. The minimum atomic E-state index is -0.764. The monoisotopic (exact) mass is 350 g/mol. The van der Waals surface area contributed by atoms with Crippen molar-refractivity contribution in [1.29, 1.82) is 0 Å². The van der Waals surface area contributed by atoms with Gasteiger partial charge in [0.15, 0.2) is 0 Å². The molecule has 8 heteroatoms. The van der Waals surface area contributed by atoms with Gasteiger partial charge in [0.2, 0.25) is 5.91 Å². The largest absolute Gasteiger partial charge is 0.464 e. The van der Waals surface area contributed by atoms with Crippen molar-refractivity contribution in [3.8, 4) is 0 Å². The molecule has 0 radical (unpaired) electrons. The summed E-state index contributed by atoms with van der Waals surface area (Å²) in [4.78, 5) is 34.8. The van der Waals surface area contributed by atoms with Crippen molar-refractivity contribution in [2.45, 2.75) is 39.3 Å². The topological polar surface area (TPSA) is 123 Å². The number of amides is 3. The zero-order valence-corrected chi connectivity index (χ0v) is 14.6. The van der Waals surface area contributed by atoms with E-state index in [2.05, 4.69) is 16.0 Å². The van der Waals surface area contributed by atoms with Gasteiger partial charge in [-0.2, -0.15) is 0 Å². The van der Waals surface area contributed by atoms with Crippen LogP contribution in [-0.2, 0) is 20.9 Å². The third-order valence-electron chi connectivity index (χ3n) is 3.35. The predicted octanol–water partition coefficient (Wildman–Crippen LogP) is 0.916. The van der Waals surface area contributed by atoms with Crippen LogP contribution in [0, 0.1) is 0 Å². The van der Waals surface area contributed by atoms with E-state index in [1.165, 1.54) is 6.92 Å². The molecule has 1 unspecified atom stereocenters. The average Bonchev–Trinajstić information content (AvgIpc) is 2.57. The van der Waals surface area contributed by atoms with Crippen LogP contribution in [0.3, 0.4) is 0 Å². The first-order valence-corrected chi connectivity index (χ1v) is 8.22. The van der Waals surface area contributed by atoms with Crippen LogP contribution >= 0.6 is 0 Å². The van der Waals surface area contributed by atoms with E-state index in [9.17, 15) is 14.4 Å². The number of nitrogens with two attached hydrogens (primary N) is 1. The Morgan fingerprint density at radius 3 is 2.44 bits per heavy atom. The van der Waals surface area contributed by atoms with Gasteiger partial charge in [0.1, 0.15) is 6.04 Å². The quantitative estimate of drug-likeness (QED) is 0.300. The molecule has 3 amide bonds. The smallest absolute Gasteiger partial charge is 0.328 e. The second-order valence-electron chi connectivity index (χ2n) is 5.50. The summed E-state index contributed by atoms with van der Waals surface area (Å²) in [6.45, 7) is 4.10. The van der Waals surface area contributed by atoms with E-state index in [-0.39, 0.29) is 12.5 Å². The Morgan fingerprint density at radius 2 is 1.84 bits per heavy atom. The number of benzene rings is 1. The normalized spacial score (nSPS) is 11.3. The number of nitrogens with one attached hydrogen (secondary N) is 3. The van der Waals surface area contributed by atoms with Crippen molar-refractivity contribution in [3.63, 3.8) is 0 Å². The fraction of sp³-hybridized carbons (Fsp3) is 0.471. The molecule has 0 aliphatic carbocycles. The lowest BCUT2D eigenvalue weighted by atomic mass is 10.1. The Labute approximate surface area is 147 Å². The van der Waals surface area contributed by atoms with Crippen LogP contribution in [-0.4, -0.2) is 37.1 Å². The summed E-state index contributed by atoms with van der Waals surface area (Å²) in [5.74, 6) is -0.630. The molecule has 1 aromatic carbocycles. The van der Waals surface area contributed by atoms with Gasteiger partial charge >= 0.3 is 12.0 Å². The molecule has 0 saturated carbocycles. The van der Waals surface area contributed by atoms with Gasteiger partial charge in [-0.15, -0.1) is 0 Å². The highest BCUT2D eigenvalue weighted by Crippen LogP contribution is 2.05. The molecule has 8 nitrogen and oxygen atoms in total. The van der Waals surface area contributed by atoms with E-state index < -0.39 is 18.0 Å². The Hall–Kier alpha value is -2.77. The molecule has 25 heavy (non-hydrogen) atoms. The summed E-state index contributed by atoms with van der Waals surface area (Å²) in [5.41, 5.74) is 7.15. The maximum atomic E-state index is 12.0. The van der Waals surface area contributed by atoms with Crippen LogP contribution in [0.1, 0.15) is 32.3 Å². The SMILES string of the molecule is CCOC(=O)C(CCCNC(C)=O)NC(=O)NCc1ccc(N)cc1. The number of urea groups is 1. The minimum absolute atomic E-state index is 0.137. The molecule has 0 spiro atoms. The highest BCUT2D eigenvalue weighted by Gasteiger charge is 2.21. The maximum Gasteiger partial charge on any atom is 0.328 e. The van der Waals surface area contributed by atoms with Crippen molar-refractivity contribution in [2.75, 3.05) is 18.9 Å². The van der Waals surface area contributed by atoms with Crippen molar-refractivity contribution in [2.24, 2.45) is 0 Å². The third-order valence-corrected chi connectivity index (χ3v) is 3.35. The summed E-state index contributed by atoms with van der Waals surface area (Å²) >= 11 is 0. The summed E-state index contributed by atoms with van der Waals surface area (Å²) in [5, 5.41) is 7.94. The van der Waals surface area contributed by atoms with Gasteiger partial charge in [0.25, 0.3) is 0 Å². The number of nitrogen functional groups attached to an aromatic ring is 1. The predicted molar refractivity (Wildman–Crippen MR) is 94.6 cm³/mol. The van der Waals surface area contributed by atoms with E-state index in [0.717, 1.165) is 5.56 Å². The van der Waals surface area contributed by atoms with Gasteiger partial charge in [-0.05, 0) is 37.5 Å². The Balaban J connectivity index is 2.47. The van der Waals surface area contributed by atoms with Gasteiger partial charge < -0.3 is 26.4 Å². The molecule has 0 fully saturated rings. The number of carbonyl (C=O) groups excluding carboxylic acids is 3. The second-order valence-corrected chi connectivity index (χ2v) is 5.50. The molecule has 0 aromatic heterocycles. The Kier molecular flexibility index (Phi) is 8.84. The van der Waals surface area contributed by atoms with Crippen molar-refractivity contribution in [3.05, 3.63) is 29.8 Å². The van der Waals surface area contributed by atoms with Gasteiger partial charge in [-0.3, -0.25) is 4.79 Å². The van der Waals surface area contributed by atoms with Crippen LogP contribution in [0.2, 0.25) is 0 Å². The molecular weight excluding hydrogens is 324 g/mol. The zero-order valence-electron chi connectivity index (χ0n) is 14.6. The Bertz CT molecular complexity index is 575. The molecule has 1 aromatic rings. The maximum absolute atomic E-state index is 12.0. The van der Waals surface area contributed by atoms with Gasteiger partial charge in [-0.1, -0.05) is 12.1 Å². The third kappa shape index (κ3) is 8.59. The molecule has 1 atom stereocenters. The number of rotatable bonds is 9. The van der Waals surface area contributed by atoms with Crippen LogP contribution < -0.4 is 21.7 Å². The number of carbonyl (C=O) groups is 3. The van der Waals surface area contributed by atoms with Crippen molar-refractivity contribution in [1.82, 2.24) is 16.0 Å². The van der Waals surface area contributed by atoms with Crippen LogP contribution in [0.25, 0.3) is 0 Å². The van der Waals surface area contributed by atoms with Crippen LogP contribution in [0.5, 0.6) is 0 Å². The molecule has 1 rings (SSSR count). The van der Waals surface area contributed by atoms with Crippen molar-refractivity contribution < 1.29 is 19.1 Å². The number of esters is 1.